The van der Waals surface area contributed by atoms with Crippen molar-refractivity contribution in [2.75, 3.05) is 17.3 Å². The van der Waals surface area contributed by atoms with E-state index >= 15 is 0 Å². The van der Waals surface area contributed by atoms with Gasteiger partial charge in [-0.15, -0.1) is 0 Å². The van der Waals surface area contributed by atoms with E-state index in [2.05, 4.69) is 5.32 Å². The lowest BCUT2D eigenvalue weighted by molar-refractivity contribution is -0.120. The van der Waals surface area contributed by atoms with Crippen molar-refractivity contribution >= 4 is 23.2 Å². The van der Waals surface area contributed by atoms with Crippen LogP contribution in [0.5, 0.6) is 5.75 Å². The highest BCUT2D eigenvalue weighted by molar-refractivity contribution is 6.07. The number of aryl methyl sites for hydroxylation is 2. The molecular weight excluding hydrogens is 316 g/mol. The zero-order chi connectivity index (χ0) is 18.0. The summed E-state index contributed by atoms with van der Waals surface area (Å²) in [4.78, 5) is 26.6. The van der Waals surface area contributed by atoms with E-state index < -0.39 is 6.04 Å². The molecule has 1 saturated heterocycles. The maximum absolute atomic E-state index is 12.7. The second-order valence-corrected chi connectivity index (χ2v) is 6.30. The molecule has 1 fully saturated rings. The number of anilines is 2. The molecule has 1 N–H and O–H groups in total. The first-order chi connectivity index (χ1) is 12.0. The lowest BCUT2D eigenvalue weighted by atomic mass is 10.1. The summed E-state index contributed by atoms with van der Waals surface area (Å²) in [5.74, 6) is 0.516. The highest BCUT2D eigenvalue weighted by Crippen LogP contribution is 2.29. The lowest BCUT2D eigenvalue weighted by Crippen LogP contribution is -2.41. The smallest absolute Gasteiger partial charge is 0.247 e. The summed E-state index contributed by atoms with van der Waals surface area (Å²) >= 11 is 0. The molecule has 0 saturated carbocycles. The van der Waals surface area contributed by atoms with Gasteiger partial charge in [-0.05, 0) is 67.8 Å². The highest BCUT2D eigenvalue weighted by Gasteiger charge is 2.37. The molecular formula is C20H22N2O3. The quantitative estimate of drug-likeness (QED) is 0.929. The minimum Gasteiger partial charge on any atom is -0.497 e. The van der Waals surface area contributed by atoms with Crippen LogP contribution in [-0.4, -0.2) is 25.0 Å². The number of rotatable bonds is 4. The second kappa shape index (κ2) is 6.97. The second-order valence-electron chi connectivity index (χ2n) is 6.30. The van der Waals surface area contributed by atoms with E-state index in [1.165, 1.54) is 5.56 Å². The Balaban J connectivity index is 1.80. The van der Waals surface area contributed by atoms with Gasteiger partial charge in [0.2, 0.25) is 11.8 Å². The number of hydrogen-bond acceptors (Lipinski definition) is 3. The summed E-state index contributed by atoms with van der Waals surface area (Å²) in [7, 11) is 1.59. The van der Waals surface area contributed by atoms with Crippen LogP contribution in [0.25, 0.3) is 0 Å². The molecule has 1 aliphatic rings. The Morgan fingerprint density at radius 2 is 1.84 bits per heavy atom. The fourth-order valence-electron chi connectivity index (χ4n) is 3.04. The maximum atomic E-state index is 12.7. The van der Waals surface area contributed by atoms with Crippen LogP contribution in [0.2, 0.25) is 0 Å². The molecule has 1 heterocycles. The number of carbonyl (C=O) groups excluding carboxylic acids is 2. The molecule has 2 aromatic carbocycles. The first kappa shape index (κ1) is 17.0. The van der Waals surface area contributed by atoms with Crippen molar-refractivity contribution in [2.45, 2.75) is 32.7 Å². The molecule has 0 bridgehead atoms. The van der Waals surface area contributed by atoms with Gasteiger partial charge in [0.1, 0.15) is 11.8 Å². The molecule has 0 aliphatic carbocycles. The zero-order valence-corrected chi connectivity index (χ0v) is 14.7. The fourth-order valence-corrected chi connectivity index (χ4v) is 3.04. The first-order valence-corrected chi connectivity index (χ1v) is 8.34. The summed E-state index contributed by atoms with van der Waals surface area (Å²) in [6.07, 6.45) is 0.887. The van der Waals surface area contributed by atoms with Crippen molar-refractivity contribution in [3.63, 3.8) is 0 Å². The van der Waals surface area contributed by atoms with Crippen LogP contribution in [0.1, 0.15) is 24.0 Å². The van der Waals surface area contributed by atoms with Crippen LogP contribution in [-0.2, 0) is 9.59 Å². The van der Waals surface area contributed by atoms with Gasteiger partial charge < -0.3 is 10.1 Å². The molecule has 1 aliphatic heterocycles. The van der Waals surface area contributed by atoms with E-state index in [-0.39, 0.29) is 11.8 Å². The average Bonchev–Trinajstić information content (AvgIpc) is 3.00. The molecule has 5 nitrogen and oxygen atoms in total. The molecule has 2 amide bonds. The number of amides is 2. The number of carbonyl (C=O) groups is 2. The van der Waals surface area contributed by atoms with Crippen LogP contribution < -0.4 is 15.0 Å². The largest absolute Gasteiger partial charge is 0.497 e. The average molecular weight is 338 g/mol. The zero-order valence-electron chi connectivity index (χ0n) is 14.7. The van der Waals surface area contributed by atoms with Crippen molar-refractivity contribution in [3.8, 4) is 5.75 Å². The third-order valence-corrected chi connectivity index (χ3v) is 4.64. The Morgan fingerprint density at radius 3 is 2.48 bits per heavy atom. The van der Waals surface area contributed by atoms with Gasteiger partial charge in [-0.3, -0.25) is 14.5 Å². The van der Waals surface area contributed by atoms with Crippen molar-refractivity contribution in [3.05, 3.63) is 53.6 Å². The molecule has 3 rings (SSSR count). The number of nitrogens with zero attached hydrogens (tertiary/aromatic N) is 1. The Hall–Kier alpha value is -2.82. The van der Waals surface area contributed by atoms with E-state index in [9.17, 15) is 9.59 Å². The normalized spacial score (nSPS) is 16.8. The highest BCUT2D eigenvalue weighted by atomic mass is 16.5. The summed E-state index contributed by atoms with van der Waals surface area (Å²) in [6.45, 7) is 4.04. The van der Waals surface area contributed by atoms with Crippen molar-refractivity contribution in [2.24, 2.45) is 0 Å². The van der Waals surface area contributed by atoms with Gasteiger partial charge in [0, 0.05) is 17.8 Å². The van der Waals surface area contributed by atoms with E-state index in [0.717, 1.165) is 11.3 Å². The summed E-state index contributed by atoms with van der Waals surface area (Å²) in [5.41, 5.74) is 3.76. The van der Waals surface area contributed by atoms with Gasteiger partial charge in [0.15, 0.2) is 0 Å². The monoisotopic (exact) mass is 338 g/mol. The molecule has 1 atom stereocenters. The van der Waals surface area contributed by atoms with Gasteiger partial charge in [0.05, 0.1) is 7.11 Å². The molecule has 25 heavy (non-hydrogen) atoms. The molecule has 2 aromatic rings. The van der Waals surface area contributed by atoms with Gasteiger partial charge in [0.25, 0.3) is 0 Å². The molecule has 130 valence electrons. The van der Waals surface area contributed by atoms with E-state index in [4.69, 9.17) is 4.74 Å². The third-order valence-electron chi connectivity index (χ3n) is 4.64. The topological polar surface area (TPSA) is 58.6 Å². The number of benzene rings is 2. The van der Waals surface area contributed by atoms with Gasteiger partial charge in [-0.25, -0.2) is 0 Å². The minimum absolute atomic E-state index is 0.0367. The number of nitrogens with one attached hydrogen (secondary N) is 1. The number of ether oxygens (including phenoxy) is 1. The van der Waals surface area contributed by atoms with Crippen LogP contribution in [0, 0.1) is 13.8 Å². The summed E-state index contributed by atoms with van der Waals surface area (Å²) in [6, 6.07) is 12.5. The van der Waals surface area contributed by atoms with Crippen LogP contribution in [0.15, 0.2) is 42.5 Å². The number of hydrogen-bond donors (Lipinski definition) is 1. The standard InChI is InChI=1S/C20H22N2O3/c1-13-4-5-15(12-14(13)2)21-20(24)18-10-11-19(23)22(18)16-6-8-17(25-3)9-7-16/h4-9,12,18H,10-11H2,1-3H3,(H,21,24). The van der Waals surface area contributed by atoms with E-state index in [1.54, 1.807) is 36.3 Å². The van der Waals surface area contributed by atoms with Gasteiger partial charge in [-0.2, -0.15) is 0 Å². The molecule has 0 spiro atoms. The molecule has 1 unspecified atom stereocenters. The van der Waals surface area contributed by atoms with E-state index in [1.807, 2.05) is 32.0 Å². The maximum Gasteiger partial charge on any atom is 0.247 e. The van der Waals surface area contributed by atoms with Crippen molar-refractivity contribution in [1.82, 2.24) is 0 Å². The van der Waals surface area contributed by atoms with E-state index in [0.29, 0.717) is 24.3 Å². The molecule has 0 aromatic heterocycles. The Kier molecular flexibility index (Phi) is 4.74. The van der Waals surface area contributed by atoms with Crippen LogP contribution in [0.4, 0.5) is 11.4 Å². The summed E-state index contributed by atoms with van der Waals surface area (Å²) in [5, 5.41) is 2.94. The number of methoxy groups -OCH3 is 1. The Labute approximate surface area is 147 Å². The van der Waals surface area contributed by atoms with Crippen LogP contribution in [0.3, 0.4) is 0 Å². The molecule has 5 heteroatoms. The summed E-state index contributed by atoms with van der Waals surface area (Å²) < 4.78 is 5.15. The predicted octanol–water partition coefficient (Wildman–Crippen LogP) is 3.45. The first-order valence-electron chi connectivity index (χ1n) is 8.34. The van der Waals surface area contributed by atoms with Crippen LogP contribution >= 0.6 is 0 Å². The van der Waals surface area contributed by atoms with Gasteiger partial charge in [-0.1, -0.05) is 6.07 Å². The van der Waals surface area contributed by atoms with Crippen molar-refractivity contribution < 1.29 is 14.3 Å². The fraction of sp³-hybridized carbons (Fsp3) is 0.300. The van der Waals surface area contributed by atoms with Crippen molar-refractivity contribution in [1.29, 1.82) is 0 Å². The Morgan fingerprint density at radius 1 is 1.12 bits per heavy atom. The molecule has 0 radical (unpaired) electrons. The SMILES string of the molecule is COc1ccc(N2C(=O)CCC2C(=O)Nc2ccc(C)c(C)c2)cc1. The minimum atomic E-state index is -0.498. The lowest BCUT2D eigenvalue weighted by Gasteiger charge is -2.24. The Bertz CT molecular complexity index is 799. The predicted molar refractivity (Wildman–Crippen MR) is 98.0 cm³/mol. The third kappa shape index (κ3) is 3.50. The van der Waals surface area contributed by atoms with Gasteiger partial charge >= 0.3 is 0 Å².